The van der Waals surface area contributed by atoms with E-state index < -0.39 is 10.0 Å². The van der Waals surface area contributed by atoms with Gasteiger partial charge >= 0.3 is 0 Å². The molecule has 0 fully saturated rings. The van der Waals surface area contributed by atoms with Gasteiger partial charge in [0, 0.05) is 24.5 Å². The summed E-state index contributed by atoms with van der Waals surface area (Å²) in [7, 11) is -3.75. The van der Waals surface area contributed by atoms with Gasteiger partial charge in [0.25, 0.3) is 5.91 Å². The number of rotatable bonds is 7. The maximum atomic E-state index is 12.7. The third-order valence-electron chi connectivity index (χ3n) is 4.35. The quantitative estimate of drug-likeness (QED) is 0.569. The molecule has 0 unspecified atom stereocenters. The monoisotopic (exact) mass is 398 g/mol. The third-order valence-corrected chi connectivity index (χ3v) is 5.75. The van der Waals surface area contributed by atoms with Crippen molar-refractivity contribution in [1.82, 2.24) is 20.0 Å². The Bertz CT molecular complexity index is 1050. The van der Waals surface area contributed by atoms with Crippen LogP contribution in [0.4, 0.5) is 0 Å². The molecule has 1 heterocycles. The molecule has 28 heavy (non-hydrogen) atoms. The Kier molecular flexibility index (Phi) is 5.91. The van der Waals surface area contributed by atoms with Crippen LogP contribution < -0.4 is 10.0 Å². The van der Waals surface area contributed by atoms with Crippen molar-refractivity contribution in [1.29, 1.82) is 0 Å². The molecular weight excluding hydrogens is 376 g/mol. The molecule has 0 spiro atoms. The number of nitrogens with zero attached hydrogens (tertiary/aromatic N) is 1. The van der Waals surface area contributed by atoms with Crippen molar-refractivity contribution in [3.05, 3.63) is 83.4 Å². The van der Waals surface area contributed by atoms with Gasteiger partial charge in [0.2, 0.25) is 10.0 Å². The second-order valence-corrected chi connectivity index (χ2v) is 8.22. The summed E-state index contributed by atoms with van der Waals surface area (Å²) in [5, 5.41) is 2.83. The van der Waals surface area contributed by atoms with E-state index in [1.807, 2.05) is 30.3 Å². The van der Waals surface area contributed by atoms with Gasteiger partial charge in [-0.3, -0.25) is 4.79 Å². The minimum atomic E-state index is -3.75. The average Bonchev–Trinajstić information content (AvgIpc) is 3.22. The Balaban J connectivity index is 1.77. The van der Waals surface area contributed by atoms with Gasteiger partial charge in [-0.05, 0) is 37.1 Å². The lowest BCUT2D eigenvalue weighted by Gasteiger charge is -2.14. The molecule has 0 bridgehead atoms. The minimum Gasteiger partial charge on any atom is -0.347 e. The molecule has 0 radical (unpaired) electrons. The number of aromatic nitrogens is 2. The Labute approximate surface area is 164 Å². The number of aryl methyl sites for hydroxylation is 1. The number of hydrogen-bond acceptors (Lipinski definition) is 4. The molecule has 3 aromatic rings. The molecule has 3 N–H and O–H groups in total. The second-order valence-electron chi connectivity index (χ2n) is 6.46. The summed E-state index contributed by atoms with van der Waals surface area (Å²) in [5.74, 6) is 0.265. The largest absolute Gasteiger partial charge is 0.347 e. The molecule has 3 rings (SSSR count). The zero-order chi connectivity index (χ0) is 20.1. The molecule has 1 atom stereocenters. The van der Waals surface area contributed by atoms with Gasteiger partial charge in [-0.25, -0.2) is 18.1 Å². The number of carbonyl (C=O) groups excluding carboxylic acids is 1. The van der Waals surface area contributed by atoms with Crippen LogP contribution in [0.25, 0.3) is 0 Å². The van der Waals surface area contributed by atoms with Gasteiger partial charge < -0.3 is 10.3 Å². The van der Waals surface area contributed by atoms with E-state index in [0.717, 1.165) is 5.56 Å². The first-order valence-electron chi connectivity index (χ1n) is 8.81. The molecule has 0 saturated heterocycles. The maximum Gasteiger partial charge on any atom is 0.252 e. The topological polar surface area (TPSA) is 104 Å². The highest BCUT2D eigenvalue weighted by Gasteiger charge is 2.19. The highest BCUT2D eigenvalue weighted by molar-refractivity contribution is 7.89. The first-order chi connectivity index (χ1) is 13.4. The van der Waals surface area contributed by atoms with Crippen LogP contribution in [0.5, 0.6) is 0 Å². The lowest BCUT2D eigenvalue weighted by Crippen LogP contribution is -2.29. The first-order valence-corrected chi connectivity index (χ1v) is 10.3. The summed E-state index contributed by atoms with van der Waals surface area (Å²) in [6, 6.07) is 13.4. The van der Waals surface area contributed by atoms with Crippen LogP contribution in [0, 0.1) is 6.92 Å². The summed E-state index contributed by atoms with van der Waals surface area (Å²) < 4.78 is 27.9. The fraction of sp³-hybridized carbons (Fsp3) is 0.200. The van der Waals surface area contributed by atoms with E-state index in [0.29, 0.717) is 17.0 Å². The van der Waals surface area contributed by atoms with Gasteiger partial charge in [-0.2, -0.15) is 0 Å². The van der Waals surface area contributed by atoms with Crippen molar-refractivity contribution < 1.29 is 13.2 Å². The van der Waals surface area contributed by atoms with Gasteiger partial charge in [0.1, 0.15) is 5.82 Å². The van der Waals surface area contributed by atoms with Crippen molar-refractivity contribution in [3.63, 3.8) is 0 Å². The number of benzene rings is 2. The zero-order valence-electron chi connectivity index (χ0n) is 15.6. The molecule has 7 nitrogen and oxygen atoms in total. The highest BCUT2D eigenvalue weighted by Crippen LogP contribution is 2.17. The second kappa shape index (κ2) is 8.37. The molecule has 0 aliphatic carbocycles. The maximum absolute atomic E-state index is 12.7. The predicted octanol–water partition coefficient (Wildman–Crippen LogP) is 2.69. The van der Waals surface area contributed by atoms with Gasteiger partial charge in [-0.1, -0.05) is 36.4 Å². The van der Waals surface area contributed by atoms with Crippen LogP contribution >= 0.6 is 0 Å². The van der Waals surface area contributed by atoms with E-state index in [1.54, 1.807) is 32.3 Å². The summed E-state index contributed by atoms with van der Waals surface area (Å²) in [5.41, 5.74) is 1.84. The number of sulfonamides is 1. The Morgan fingerprint density at radius 2 is 1.93 bits per heavy atom. The Morgan fingerprint density at radius 3 is 2.61 bits per heavy atom. The number of amides is 1. The lowest BCUT2D eigenvalue weighted by atomic mass is 10.1. The van der Waals surface area contributed by atoms with Crippen molar-refractivity contribution >= 4 is 15.9 Å². The molecule has 146 valence electrons. The molecule has 0 aliphatic heterocycles. The van der Waals surface area contributed by atoms with Gasteiger partial charge in [-0.15, -0.1) is 0 Å². The molecular formula is C20H22N4O3S. The minimum absolute atomic E-state index is 0.0461. The number of nitrogens with one attached hydrogen (secondary N) is 3. The number of carbonyl (C=O) groups is 1. The molecule has 1 aromatic heterocycles. The van der Waals surface area contributed by atoms with E-state index >= 15 is 0 Å². The van der Waals surface area contributed by atoms with E-state index in [4.69, 9.17) is 0 Å². The van der Waals surface area contributed by atoms with Gasteiger partial charge in [0.05, 0.1) is 10.9 Å². The van der Waals surface area contributed by atoms with Crippen LogP contribution in [0.1, 0.15) is 40.3 Å². The van der Waals surface area contributed by atoms with Crippen LogP contribution in [0.15, 0.2) is 65.8 Å². The molecule has 0 saturated carbocycles. The SMILES string of the molecule is Cc1ccc(S(=O)(=O)NCc2ccccc2)cc1C(=O)N[C@H](C)c1ncc[nH]1. The summed E-state index contributed by atoms with van der Waals surface area (Å²) in [4.78, 5) is 19.8. The number of aromatic amines is 1. The molecule has 8 heteroatoms. The average molecular weight is 398 g/mol. The van der Waals surface area contributed by atoms with E-state index in [-0.39, 0.29) is 23.4 Å². The highest BCUT2D eigenvalue weighted by atomic mass is 32.2. The number of hydrogen-bond donors (Lipinski definition) is 3. The Morgan fingerprint density at radius 1 is 1.18 bits per heavy atom. The lowest BCUT2D eigenvalue weighted by molar-refractivity contribution is 0.0937. The molecule has 0 aliphatic rings. The van der Waals surface area contributed by atoms with Crippen LogP contribution in [0.2, 0.25) is 0 Å². The summed E-state index contributed by atoms with van der Waals surface area (Å²) >= 11 is 0. The van der Waals surface area contributed by atoms with Crippen molar-refractivity contribution in [2.24, 2.45) is 0 Å². The third kappa shape index (κ3) is 4.65. The number of imidazole rings is 1. The van der Waals surface area contributed by atoms with Crippen molar-refractivity contribution in [3.8, 4) is 0 Å². The smallest absolute Gasteiger partial charge is 0.252 e. The van der Waals surface area contributed by atoms with Crippen LogP contribution in [-0.4, -0.2) is 24.3 Å². The summed E-state index contributed by atoms with van der Waals surface area (Å²) in [6.07, 6.45) is 3.28. The van der Waals surface area contributed by atoms with E-state index in [9.17, 15) is 13.2 Å². The standard InChI is InChI=1S/C20H22N4O3S/c1-14-8-9-17(28(26,27)23-13-16-6-4-3-5-7-16)12-18(14)20(25)24-15(2)19-21-10-11-22-19/h3-12,15,23H,13H2,1-2H3,(H,21,22)(H,24,25)/t15-/m1/s1. The van der Waals surface area contributed by atoms with Crippen LogP contribution in [-0.2, 0) is 16.6 Å². The van der Waals surface area contributed by atoms with Crippen molar-refractivity contribution in [2.75, 3.05) is 0 Å². The van der Waals surface area contributed by atoms with E-state index in [1.165, 1.54) is 12.1 Å². The summed E-state index contributed by atoms with van der Waals surface area (Å²) in [6.45, 7) is 3.74. The van der Waals surface area contributed by atoms with Gasteiger partial charge in [0.15, 0.2) is 0 Å². The fourth-order valence-electron chi connectivity index (χ4n) is 2.73. The van der Waals surface area contributed by atoms with E-state index in [2.05, 4.69) is 20.0 Å². The first kappa shape index (κ1) is 19.8. The molecule has 2 aromatic carbocycles. The number of H-pyrrole nitrogens is 1. The fourth-order valence-corrected chi connectivity index (χ4v) is 3.77. The van der Waals surface area contributed by atoms with Crippen molar-refractivity contribution in [2.45, 2.75) is 31.3 Å². The normalized spacial score (nSPS) is 12.5. The Hall–Kier alpha value is -2.97. The van der Waals surface area contributed by atoms with Crippen LogP contribution in [0.3, 0.4) is 0 Å². The zero-order valence-corrected chi connectivity index (χ0v) is 16.5. The predicted molar refractivity (Wildman–Crippen MR) is 106 cm³/mol. The molecule has 1 amide bonds.